The molecule has 1 aromatic rings. The fraction of sp³-hybridized carbons (Fsp3) is 0.615. The van der Waals surface area contributed by atoms with E-state index in [0.29, 0.717) is 0 Å². The molecule has 0 bridgehead atoms. The number of fused-ring (bicyclic) bond motifs is 1. The van der Waals surface area contributed by atoms with E-state index in [-0.39, 0.29) is 18.6 Å². The maximum atomic E-state index is 12.2. The number of thiophene rings is 1. The number of carbonyl (C=O) groups is 1. The Kier molecular flexibility index (Phi) is 3.84. The molecule has 94 valence electrons. The van der Waals surface area contributed by atoms with Crippen molar-refractivity contribution in [3.63, 3.8) is 0 Å². The number of hydrogen-bond donors (Lipinski definition) is 1. The summed E-state index contributed by atoms with van der Waals surface area (Å²) in [6.45, 7) is 1.86. The first-order chi connectivity index (χ1) is 8.13. The predicted octanol–water partition coefficient (Wildman–Crippen LogP) is 2.08. The Morgan fingerprint density at radius 1 is 1.53 bits per heavy atom. The second-order valence-electron chi connectivity index (χ2n) is 4.71. The molecule has 1 aliphatic carbocycles. The van der Waals surface area contributed by atoms with Gasteiger partial charge in [0.05, 0.1) is 17.5 Å². The molecule has 0 saturated carbocycles. The van der Waals surface area contributed by atoms with Gasteiger partial charge < -0.3 is 10.0 Å². The van der Waals surface area contributed by atoms with E-state index >= 15 is 0 Å². The smallest absolute Gasteiger partial charge is 0.263 e. The average molecular weight is 253 g/mol. The SMILES string of the molecule is CC(CO)N(C)C(=O)c1cc2c(s1)CCCC2. The number of aliphatic hydroxyl groups excluding tert-OH is 1. The summed E-state index contributed by atoms with van der Waals surface area (Å²) in [6.07, 6.45) is 4.70. The lowest BCUT2D eigenvalue weighted by Gasteiger charge is -2.22. The zero-order chi connectivity index (χ0) is 12.4. The van der Waals surface area contributed by atoms with Crippen molar-refractivity contribution >= 4 is 17.2 Å². The van der Waals surface area contributed by atoms with Gasteiger partial charge in [0.2, 0.25) is 0 Å². The van der Waals surface area contributed by atoms with Crippen LogP contribution in [0.5, 0.6) is 0 Å². The Labute approximate surface area is 106 Å². The van der Waals surface area contributed by atoms with Crippen molar-refractivity contribution in [3.8, 4) is 0 Å². The third kappa shape index (κ3) is 2.53. The first kappa shape index (κ1) is 12.6. The summed E-state index contributed by atoms with van der Waals surface area (Å²) in [4.78, 5) is 16.0. The highest BCUT2D eigenvalue weighted by Gasteiger charge is 2.21. The summed E-state index contributed by atoms with van der Waals surface area (Å²) < 4.78 is 0. The van der Waals surface area contributed by atoms with Crippen molar-refractivity contribution in [2.45, 2.75) is 38.6 Å². The van der Waals surface area contributed by atoms with Crippen molar-refractivity contribution in [3.05, 3.63) is 21.4 Å². The Hall–Kier alpha value is -0.870. The molecule has 1 atom stereocenters. The molecule has 0 aliphatic heterocycles. The summed E-state index contributed by atoms with van der Waals surface area (Å²) in [6, 6.07) is 1.92. The summed E-state index contributed by atoms with van der Waals surface area (Å²) in [5, 5.41) is 9.07. The molecule has 0 spiro atoms. The number of nitrogens with zero attached hydrogens (tertiary/aromatic N) is 1. The van der Waals surface area contributed by atoms with Crippen LogP contribution in [0.4, 0.5) is 0 Å². The molecule has 4 heteroatoms. The van der Waals surface area contributed by atoms with Crippen LogP contribution >= 0.6 is 11.3 Å². The van der Waals surface area contributed by atoms with Gasteiger partial charge in [-0.2, -0.15) is 0 Å². The summed E-state index contributed by atoms with van der Waals surface area (Å²) in [5.74, 6) is 0.0333. The number of amides is 1. The Morgan fingerprint density at radius 3 is 2.88 bits per heavy atom. The van der Waals surface area contributed by atoms with E-state index in [1.54, 1.807) is 23.3 Å². The quantitative estimate of drug-likeness (QED) is 0.896. The molecule has 1 aliphatic rings. The highest BCUT2D eigenvalue weighted by Crippen LogP contribution is 2.30. The van der Waals surface area contributed by atoms with E-state index in [2.05, 4.69) is 0 Å². The molecule has 1 heterocycles. The molecule has 0 radical (unpaired) electrons. The molecule has 0 aromatic carbocycles. The number of hydrogen-bond acceptors (Lipinski definition) is 3. The molecule has 17 heavy (non-hydrogen) atoms. The first-order valence-corrected chi connectivity index (χ1v) is 6.94. The number of aliphatic hydroxyl groups is 1. The summed E-state index contributed by atoms with van der Waals surface area (Å²) >= 11 is 1.63. The molecule has 1 amide bonds. The van der Waals surface area contributed by atoms with E-state index in [1.165, 1.54) is 23.3 Å². The van der Waals surface area contributed by atoms with Gasteiger partial charge in [-0.1, -0.05) is 0 Å². The Morgan fingerprint density at radius 2 is 2.24 bits per heavy atom. The molecule has 0 fully saturated rings. The van der Waals surface area contributed by atoms with Crippen LogP contribution in [0, 0.1) is 0 Å². The minimum Gasteiger partial charge on any atom is -0.394 e. The van der Waals surface area contributed by atoms with Gasteiger partial charge in [-0.15, -0.1) is 11.3 Å². The highest BCUT2D eigenvalue weighted by atomic mass is 32.1. The fourth-order valence-corrected chi connectivity index (χ4v) is 3.33. The molecule has 0 saturated heterocycles. The van der Waals surface area contributed by atoms with E-state index in [0.717, 1.165) is 17.7 Å². The number of carbonyl (C=O) groups excluding carboxylic acids is 1. The summed E-state index contributed by atoms with van der Waals surface area (Å²) in [5.41, 5.74) is 1.36. The van der Waals surface area contributed by atoms with Gasteiger partial charge in [-0.25, -0.2) is 0 Å². The lowest BCUT2D eigenvalue weighted by Crippen LogP contribution is -2.36. The zero-order valence-electron chi connectivity index (χ0n) is 10.4. The van der Waals surface area contributed by atoms with Gasteiger partial charge in [0.15, 0.2) is 0 Å². The maximum Gasteiger partial charge on any atom is 0.263 e. The van der Waals surface area contributed by atoms with Gasteiger partial charge in [0.25, 0.3) is 5.91 Å². The second kappa shape index (κ2) is 5.19. The number of aryl methyl sites for hydroxylation is 2. The van der Waals surface area contributed by atoms with Crippen molar-refractivity contribution in [1.29, 1.82) is 0 Å². The van der Waals surface area contributed by atoms with Crippen LogP contribution in [0.25, 0.3) is 0 Å². The molecule has 1 unspecified atom stereocenters. The molecule has 2 rings (SSSR count). The van der Waals surface area contributed by atoms with Crippen molar-refractivity contribution in [1.82, 2.24) is 4.90 Å². The zero-order valence-corrected chi connectivity index (χ0v) is 11.2. The van der Waals surface area contributed by atoms with Gasteiger partial charge in [-0.05, 0) is 44.2 Å². The van der Waals surface area contributed by atoms with Crippen LogP contribution in [0.2, 0.25) is 0 Å². The van der Waals surface area contributed by atoms with Gasteiger partial charge in [-0.3, -0.25) is 4.79 Å². The maximum absolute atomic E-state index is 12.2. The third-order valence-electron chi connectivity index (χ3n) is 3.45. The largest absolute Gasteiger partial charge is 0.394 e. The van der Waals surface area contributed by atoms with Gasteiger partial charge in [0.1, 0.15) is 0 Å². The van der Waals surface area contributed by atoms with Crippen LogP contribution in [0.1, 0.15) is 39.9 Å². The summed E-state index contributed by atoms with van der Waals surface area (Å²) in [7, 11) is 1.75. The van der Waals surface area contributed by atoms with Crippen LogP contribution in [0.3, 0.4) is 0 Å². The van der Waals surface area contributed by atoms with E-state index in [9.17, 15) is 4.79 Å². The van der Waals surface area contributed by atoms with Crippen LogP contribution in [0.15, 0.2) is 6.07 Å². The van der Waals surface area contributed by atoms with Crippen LogP contribution in [-0.2, 0) is 12.8 Å². The number of likely N-dealkylation sites (N-methyl/N-ethyl adjacent to an activating group) is 1. The van der Waals surface area contributed by atoms with E-state index in [4.69, 9.17) is 5.11 Å². The normalized spacial score (nSPS) is 16.4. The first-order valence-electron chi connectivity index (χ1n) is 6.13. The molecule has 1 N–H and O–H groups in total. The van der Waals surface area contributed by atoms with E-state index < -0.39 is 0 Å². The molecule has 1 aromatic heterocycles. The predicted molar refractivity (Wildman–Crippen MR) is 69.6 cm³/mol. The second-order valence-corrected chi connectivity index (χ2v) is 5.85. The molecular formula is C13H19NO2S. The fourth-order valence-electron chi connectivity index (χ4n) is 2.09. The highest BCUT2D eigenvalue weighted by molar-refractivity contribution is 7.14. The number of rotatable bonds is 3. The van der Waals surface area contributed by atoms with Crippen molar-refractivity contribution in [2.75, 3.05) is 13.7 Å². The minimum atomic E-state index is -0.123. The Bertz CT molecular complexity index is 390. The van der Waals surface area contributed by atoms with Gasteiger partial charge >= 0.3 is 0 Å². The minimum absolute atomic E-state index is 0.00727. The lowest BCUT2D eigenvalue weighted by molar-refractivity contribution is 0.0687. The standard InChI is InChI=1S/C13H19NO2S/c1-9(8-15)14(2)13(16)12-7-10-5-3-4-6-11(10)17-12/h7,9,15H,3-6,8H2,1-2H3. The van der Waals surface area contributed by atoms with Crippen molar-refractivity contribution in [2.24, 2.45) is 0 Å². The topological polar surface area (TPSA) is 40.5 Å². The molecule has 3 nitrogen and oxygen atoms in total. The van der Waals surface area contributed by atoms with Crippen LogP contribution in [-0.4, -0.2) is 35.6 Å². The van der Waals surface area contributed by atoms with Crippen molar-refractivity contribution < 1.29 is 9.90 Å². The lowest BCUT2D eigenvalue weighted by atomic mass is 9.99. The average Bonchev–Trinajstić information content (AvgIpc) is 2.79. The van der Waals surface area contributed by atoms with Gasteiger partial charge in [0, 0.05) is 11.9 Å². The molecular weight excluding hydrogens is 234 g/mol. The van der Waals surface area contributed by atoms with Crippen LogP contribution < -0.4 is 0 Å². The monoisotopic (exact) mass is 253 g/mol. The third-order valence-corrected chi connectivity index (χ3v) is 4.68. The Balaban J connectivity index is 2.17. The van der Waals surface area contributed by atoms with E-state index in [1.807, 2.05) is 13.0 Å².